The first-order chi connectivity index (χ1) is 12.4. The molecule has 0 amide bonds. The molecule has 1 aromatic carbocycles. The third-order valence-corrected chi connectivity index (χ3v) is 3.60. The van der Waals surface area contributed by atoms with Crippen LogP contribution in [-0.4, -0.2) is 76.2 Å². The summed E-state index contributed by atoms with van der Waals surface area (Å²) < 4.78 is 16.6. The summed E-state index contributed by atoms with van der Waals surface area (Å²) >= 11 is 0. The van der Waals surface area contributed by atoms with Crippen LogP contribution >= 0.6 is 0 Å². The predicted octanol–water partition coefficient (Wildman–Crippen LogP) is 1.70. The molecule has 0 aromatic heterocycles. The van der Waals surface area contributed by atoms with E-state index < -0.39 is 0 Å². The van der Waals surface area contributed by atoms with Crippen molar-refractivity contribution in [3.05, 3.63) is 30.3 Å². The summed E-state index contributed by atoms with van der Waals surface area (Å²) in [6, 6.07) is 10.2. The van der Waals surface area contributed by atoms with Crippen LogP contribution in [0, 0.1) is 0 Å². The Morgan fingerprint density at radius 2 is 1.12 bits per heavy atom. The van der Waals surface area contributed by atoms with Gasteiger partial charge in [-0.1, -0.05) is 18.2 Å². The van der Waals surface area contributed by atoms with Gasteiger partial charge >= 0.3 is 0 Å². The van der Waals surface area contributed by atoms with Crippen molar-refractivity contribution >= 4 is 5.69 Å². The van der Waals surface area contributed by atoms with Gasteiger partial charge in [-0.05, 0) is 31.4 Å². The molecule has 1 rings (SSSR count). The smallest absolute Gasteiger partial charge is 0.0641 e. The lowest BCUT2D eigenvalue weighted by atomic mass is 10.3. The van der Waals surface area contributed by atoms with E-state index in [1.54, 1.807) is 0 Å². The summed E-state index contributed by atoms with van der Waals surface area (Å²) in [5, 5.41) is 17.4. The quantitative estimate of drug-likeness (QED) is 0.415. The SMILES string of the molecule is OCCCOCCCOCCN(CCOCCCO)c1ccccc1. The van der Waals surface area contributed by atoms with E-state index in [-0.39, 0.29) is 13.2 Å². The van der Waals surface area contributed by atoms with Crippen LogP contribution in [-0.2, 0) is 14.2 Å². The van der Waals surface area contributed by atoms with Crippen molar-refractivity contribution in [1.29, 1.82) is 0 Å². The zero-order valence-electron chi connectivity index (χ0n) is 15.1. The van der Waals surface area contributed by atoms with Crippen molar-refractivity contribution in [2.45, 2.75) is 19.3 Å². The van der Waals surface area contributed by atoms with Crippen LogP contribution in [0.5, 0.6) is 0 Å². The molecule has 0 aliphatic heterocycles. The van der Waals surface area contributed by atoms with E-state index in [1.807, 2.05) is 18.2 Å². The van der Waals surface area contributed by atoms with Gasteiger partial charge < -0.3 is 29.3 Å². The number of nitrogens with zero attached hydrogens (tertiary/aromatic N) is 1. The summed E-state index contributed by atoms with van der Waals surface area (Å²) in [5.74, 6) is 0. The first-order valence-corrected chi connectivity index (χ1v) is 9.13. The van der Waals surface area contributed by atoms with Gasteiger partial charge in [-0.15, -0.1) is 0 Å². The second-order valence-electron chi connectivity index (χ2n) is 5.67. The summed E-state index contributed by atoms with van der Waals surface area (Å²) in [4.78, 5) is 2.25. The van der Waals surface area contributed by atoms with Crippen LogP contribution in [0.25, 0.3) is 0 Å². The molecular weight excluding hydrogens is 322 g/mol. The Morgan fingerprint density at radius 3 is 1.64 bits per heavy atom. The van der Waals surface area contributed by atoms with Crippen LogP contribution in [0.15, 0.2) is 30.3 Å². The van der Waals surface area contributed by atoms with Gasteiger partial charge in [0.15, 0.2) is 0 Å². The van der Waals surface area contributed by atoms with Crippen molar-refractivity contribution < 1.29 is 24.4 Å². The van der Waals surface area contributed by atoms with Crippen LogP contribution in [0.4, 0.5) is 5.69 Å². The maximum Gasteiger partial charge on any atom is 0.0641 e. The molecule has 25 heavy (non-hydrogen) atoms. The standard InChI is InChI=1S/C19H33NO5/c21-11-4-13-23-15-6-16-25-18-10-20(9-17-24-14-5-12-22)19-7-2-1-3-8-19/h1-3,7-8,21-22H,4-6,9-18H2. The van der Waals surface area contributed by atoms with E-state index in [2.05, 4.69) is 17.0 Å². The number of aliphatic hydroxyl groups excluding tert-OH is 2. The van der Waals surface area contributed by atoms with Gasteiger partial charge in [0.25, 0.3) is 0 Å². The van der Waals surface area contributed by atoms with E-state index >= 15 is 0 Å². The monoisotopic (exact) mass is 355 g/mol. The fraction of sp³-hybridized carbons (Fsp3) is 0.684. The van der Waals surface area contributed by atoms with Crippen LogP contribution in [0.2, 0.25) is 0 Å². The predicted molar refractivity (Wildman–Crippen MR) is 99.1 cm³/mol. The number of benzene rings is 1. The van der Waals surface area contributed by atoms with E-state index in [4.69, 9.17) is 24.4 Å². The van der Waals surface area contributed by atoms with Crippen molar-refractivity contribution in [3.8, 4) is 0 Å². The van der Waals surface area contributed by atoms with Crippen molar-refractivity contribution in [3.63, 3.8) is 0 Å². The first-order valence-electron chi connectivity index (χ1n) is 9.13. The minimum atomic E-state index is 0.167. The maximum atomic E-state index is 8.77. The highest BCUT2D eigenvalue weighted by Gasteiger charge is 2.06. The van der Waals surface area contributed by atoms with Crippen molar-refractivity contribution in [2.24, 2.45) is 0 Å². The Labute approximate surface area is 151 Å². The molecule has 0 unspecified atom stereocenters. The van der Waals surface area contributed by atoms with Crippen LogP contribution in [0.3, 0.4) is 0 Å². The molecule has 6 nitrogen and oxygen atoms in total. The molecular formula is C19H33NO5. The highest BCUT2D eigenvalue weighted by atomic mass is 16.5. The summed E-state index contributed by atoms with van der Waals surface area (Å²) in [5.41, 5.74) is 1.16. The fourth-order valence-electron chi connectivity index (χ4n) is 2.26. The lowest BCUT2D eigenvalue weighted by Crippen LogP contribution is -2.31. The average molecular weight is 355 g/mol. The van der Waals surface area contributed by atoms with Gasteiger partial charge in [-0.3, -0.25) is 0 Å². The van der Waals surface area contributed by atoms with Gasteiger partial charge in [-0.25, -0.2) is 0 Å². The Morgan fingerprint density at radius 1 is 0.640 bits per heavy atom. The third-order valence-electron chi connectivity index (χ3n) is 3.60. The molecule has 0 atom stereocenters. The molecule has 0 aliphatic rings. The zero-order chi connectivity index (χ0) is 18.0. The highest BCUT2D eigenvalue weighted by Crippen LogP contribution is 2.12. The van der Waals surface area contributed by atoms with Gasteiger partial charge in [0, 0.05) is 58.4 Å². The Kier molecular flexibility index (Phi) is 14.3. The van der Waals surface area contributed by atoms with E-state index in [1.165, 1.54) is 0 Å². The first kappa shape index (κ1) is 21.9. The minimum Gasteiger partial charge on any atom is -0.396 e. The highest BCUT2D eigenvalue weighted by molar-refractivity contribution is 5.45. The molecule has 1 aromatic rings. The molecule has 0 saturated heterocycles. The largest absolute Gasteiger partial charge is 0.396 e. The van der Waals surface area contributed by atoms with E-state index in [9.17, 15) is 0 Å². The Hall–Kier alpha value is -1.18. The Balaban J connectivity index is 2.18. The van der Waals surface area contributed by atoms with Gasteiger partial charge in [0.2, 0.25) is 0 Å². The maximum absolute atomic E-state index is 8.77. The second-order valence-corrected chi connectivity index (χ2v) is 5.67. The summed E-state index contributed by atoms with van der Waals surface area (Å²) in [6.07, 6.45) is 2.23. The van der Waals surface area contributed by atoms with Crippen molar-refractivity contribution in [2.75, 3.05) is 70.8 Å². The average Bonchev–Trinajstić information content (AvgIpc) is 2.65. The number of para-hydroxylation sites is 1. The van der Waals surface area contributed by atoms with Gasteiger partial charge in [0.1, 0.15) is 0 Å². The normalized spacial score (nSPS) is 11.0. The Bertz CT molecular complexity index is 391. The molecule has 0 bridgehead atoms. The van der Waals surface area contributed by atoms with Crippen molar-refractivity contribution in [1.82, 2.24) is 0 Å². The summed E-state index contributed by atoms with van der Waals surface area (Å²) in [7, 11) is 0. The number of rotatable bonds is 17. The molecule has 0 spiro atoms. The molecule has 6 heteroatoms. The number of hydrogen-bond donors (Lipinski definition) is 2. The number of aliphatic hydroxyl groups is 2. The van der Waals surface area contributed by atoms with Gasteiger partial charge in [-0.2, -0.15) is 0 Å². The van der Waals surface area contributed by atoms with E-state index in [0.29, 0.717) is 52.5 Å². The van der Waals surface area contributed by atoms with Crippen LogP contribution in [0.1, 0.15) is 19.3 Å². The van der Waals surface area contributed by atoms with E-state index in [0.717, 1.165) is 25.2 Å². The lowest BCUT2D eigenvalue weighted by Gasteiger charge is -2.24. The second kappa shape index (κ2) is 16.3. The number of ether oxygens (including phenoxy) is 3. The summed E-state index contributed by atoms with van der Waals surface area (Å²) in [6.45, 7) is 5.77. The molecule has 0 heterocycles. The molecule has 144 valence electrons. The number of anilines is 1. The lowest BCUT2D eigenvalue weighted by molar-refractivity contribution is 0.0776. The zero-order valence-corrected chi connectivity index (χ0v) is 15.1. The minimum absolute atomic E-state index is 0.167. The molecule has 0 fully saturated rings. The molecule has 0 radical (unpaired) electrons. The molecule has 0 aliphatic carbocycles. The fourth-order valence-corrected chi connectivity index (χ4v) is 2.26. The third kappa shape index (κ3) is 11.9. The molecule has 2 N–H and O–H groups in total. The topological polar surface area (TPSA) is 71.4 Å². The molecule has 0 saturated carbocycles. The van der Waals surface area contributed by atoms with Crippen LogP contribution < -0.4 is 4.90 Å². The van der Waals surface area contributed by atoms with Gasteiger partial charge in [0.05, 0.1) is 13.2 Å². The number of hydrogen-bond acceptors (Lipinski definition) is 6.